The molecule has 4 nitrogen and oxygen atoms in total. The summed E-state index contributed by atoms with van der Waals surface area (Å²) in [6.07, 6.45) is 5.50. The molecule has 3 N–H and O–H groups in total. The zero-order valence-corrected chi connectivity index (χ0v) is 15.3. The second-order valence-corrected chi connectivity index (χ2v) is 9.66. The fourth-order valence-electron chi connectivity index (χ4n) is 7.58. The third-order valence-electron chi connectivity index (χ3n) is 8.92. The third-order valence-corrected chi connectivity index (χ3v) is 8.92. The SMILES string of the molecule is CO[C@H]1CC[C@H]2[C@@H]3[C@@H](O)[C@H](O)[C@H]4C[C@H](O)CC[C@]4(C)[C@H]3CC[C@]12C. The van der Waals surface area contributed by atoms with Gasteiger partial charge in [-0.25, -0.2) is 0 Å². The van der Waals surface area contributed by atoms with E-state index in [1.54, 1.807) is 0 Å². The first-order valence-corrected chi connectivity index (χ1v) is 9.90. The van der Waals surface area contributed by atoms with Gasteiger partial charge in [-0.3, -0.25) is 0 Å². The highest BCUT2D eigenvalue weighted by Gasteiger charge is 2.65. The van der Waals surface area contributed by atoms with Gasteiger partial charge in [-0.2, -0.15) is 0 Å². The number of methoxy groups -OCH3 is 1. The van der Waals surface area contributed by atoms with Gasteiger partial charge in [0, 0.05) is 7.11 Å². The maximum Gasteiger partial charge on any atom is 0.0836 e. The van der Waals surface area contributed by atoms with Crippen LogP contribution < -0.4 is 0 Å². The summed E-state index contributed by atoms with van der Waals surface area (Å²) in [5.74, 6) is 1.11. The van der Waals surface area contributed by atoms with Crippen molar-refractivity contribution in [2.24, 2.45) is 34.5 Å². The summed E-state index contributed by atoms with van der Waals surface area (Å²) < 4.78 is 5.79. The first kappa shape index (κ1) is 17.3. The molecule has 0 aromatic heterocycles. The summed E-state index contributed by atoms with van der Waals surface area (Å²) in [4.78, 5) is 0. The minimum Gasteiger partial charge on any atom is -0.393 e. The summed E-state index contributed by atoms with van der Waals surface area (Å²) >= 11 is 0. The fourth-order valence-corrected chi connectivity index (χ4v) is 7.58. The van der Waals surface area contributed by atoms with Crippen molar-refractivity contribution in [3.63, 3.8) is 0 Å². The monoisotopic (exact) mass is 338 g/mol. The maximum atomic E-state index is 11.1. The quantitative estimate of drug-likeness (QED) is 0.686. The van der Waals surface area contributed by atoms with E-state index in [0.29, 0.717) is 18.3 Å². The molecule has 4 heteroatoms. The molecule has 0 radical (unpaired) electrons. The first-order valence-electron chi connectivity index (χ1n) is 9.90. The molecule has 4 fully saturated rings. The van der Waals surface area contributed by atoms with Crippen molar-refractivity contribution in [1.29, 1.82) is 0 Å². The van der Waals surface area contributed by atoms with Gasteiger partial charge in [0.1, 0.15) is 0 Å². The molecule has 0 heterocycles. The van der Waals surface area contributed by atoms with Crippen molar-refractivity contribution in [1.82, 2.24) is 0 Å². The Morgan fingerprint density at radius 2 is 1.46 bits per heavy atom. The minimum absolute atomic E-state index is 0.0291. The van der Waals surface area contributed by atoms with Crippen molar-refractivity contribution in [3.05, 3.63) is 0 Å². The van der Waals surface area contributed by atoms with Crippen LogP contribution in [0.1, 0.15) is 58.8 Å². The molecule has 0 aromatic carbocycles. The summed E-state index contributed by atoms with van der Waals surface area (Å²) in [5, 5.41) is 32.1. The summed E-state index contributed by atoms with van der Waals surface area (Å²) in [5.41, 5.74) is 0.184. The molecule has 4 aliphatic rings. The van der Waals surface area contributed by atoms with E-state index >= 15 is 0 Å². The minimum atomic E-state index is -0.699. The number of aliphatic hydroxyl groups excluding tert-OH is 3. The van der Waals surface area contributed by atoms with Crippen molar-refractivity contribution in [2.45, 2.75) is 83.2 Å². The Balaban J connectivity index is 1.70. The average molecular weight is 338 g/mol. The zero-order valence-electron chi connectivity index (χ0n) is 15.3. The molecule has 0 saturated heterocycles. The average Bonchev–Trinajstić information content (AvgIpc) is 2.90. The fraction of sp³-hybridized carbons (Fsp3) is 1.00. The number of rotatable bonds is 1. The molecule has 0 aliphatic heterocycles. The van der Waals surface area contributed by atoms with Crippen molar-refractivity contribution in [2.75, 3.05) is 7.11 Å². The van der Waals surface area contributed by atoms with Crippen LogP contribution in [-0.4, -0.2) is 46.8 Å². The summed E-state index contributed by atoms with van der Waals surface area (Å²) in [6, 6.07) is 0. The van der Waals surface area contributed by atoms with Crippen LogP contribution in [0.25, 0.3) is 0 Å². The Morgan fingerprint density at radius 3 is 2.17 bits per heavy atom. The van der Waals surface area contributed by atoms with Gasteiger partial charge >= 0.3 is 0 Å². The lowest BCUT2D eigenvalue weighted by molar-refractivity contribution is -0.225. The third kappa shape index (κ3) is 2.12. The highest BCUT2D eigenvalue weighted by atomic mass is 16.5. The van der Waals surface area contributed by atoms with Gasteiger partial charge in [-0.1, -0.05) is 13.8 Å². The van der Waals surface area contributed by atoms with E-state index in [-0.39, 0.29) is 34.9 Å². The molecule has 0 bridgehead atoms. The lowest BCUT2D eigenvalue weighted by Crippen LogP contribution is -2.64. The molecule has 24 heavy (non-hydrogen) atoms. The maximum absolute atomic E-state index is 11.1. The number of aliphatic hydroxyl groups is 3. The molecule has 4 rings (SSSR count). The molecule has 0 amide bonds. The van der Waals surface area contributed by atoms with Gasteiger partial charge in [0.2, 0.25) is 0 Å². The second kappa shape index (κ2) is 5.67. The summed E-state index contributed by atoms with van der Waals surface area (Å²) in [6.45, 7) is 4.66. The Bertz CT molecular complexity index is 496. The van der Waals surface area contributed by atoms with E-state index in [4.69, 9.17) is 4.74 Å². The van der Waals surface area contributed by atoms with E-state index < -0.39 is 12.2 Å². The number of fused-ring (bicyclic) bond motifs is 5. The van der Waals surface area contributed by atoms with Crippen molar-refractivity contribution < 1.29 is 20.1 Å². The lowest BCUT2D eigenvalue weighted by Gasteiger charge is -2.63. The predicted molar refractivity (Wildman–Crippen MR) is 91.3 cm³/mol. The van der Waals surface area contributed by atoms with E-state index in [1.807, 2.05) is 7.11 Å². The standard InChI is InChI=1S/C20H34O4/c1-19-8-6-11(21)10-14(19)17(22)18(23)16-12-4-5-15(24-3)20(12,2)9-7-13(16)19/h11-18,21-23H,4-10H2,1-3H3/t11-,12+,13+,14-,15+,16+,17-,18-,19-,20+/m1/s1. The van der Waals surface area contributed by atoms with Crippen LogP contribution in [0.5, 0.6) is 0 Å². The zero-order chi connectivity index (χ0) is 17.3. The highest BCUT2D eigenvalue weighted by Crippen LogP contribution is 2.66. The molecule has 10 atom stereocenters. The van der Waals surface area contributed by atoms with Crippen LogP contribution >= 0.6 is 0 Å². The van der Waals surface area contributed by atoms with Gasteiger partial charge in [-0.05, 0) is 79.4 Å². The molecule has 0 aromatic rings. The van der Waals surface area contributed by atoms with Crippen molar-refractivity contribution >= 4 is 0 Å². The summed E-state index contributed by atoms with van der Waals surface area (Å²) in [7, 11) is 1.82. The van der Waals surface area contributed by atoms with Crippen LogP contribution in [0.4, 0.5) is 0 Å². The Hall–Kier alpha value is -0.160. The Kier molecular flexibility index (Phi) is 4.08. The lowest BCUT2D eigenvalue weighted by atomic mass is 9.43. The molecular weight excluding hydrogens is 304 g/mol. The van der Waals surface area contributed by atoms with Crippen LogP contribution in [-0.2, 0) is 4.74 Å². The van der Waals surface area contributed by atoms with E-state index in [2.05, 4.69) is 13.8 Å². The van der Waals surface area contributed by atoms with E-state index in [9.17, 15) is 15.3 Å². The Morgan fingerprint density at radius 1 is 0.792 bits per heavy atom. The normalized spacial score (nSPS) is 60.2. The molecule has 138 valence electrons. The van der Waals surface area contributed by atoms with Gasteiger partial charge in [0.25, 0.3) is 0 Å². The number of hydrogen-bond donors (Lipinski definition) is 3. The predicted octanol–water partition coefficient (Wildman–Crippen LogP) is 2.35. The van der Waals surface area contributed by atoms with Gasteiger partial charge in [-0.15, -0.1) is 0 Å². The number of hydrogen-bond acceptors (Lipinski definition) is 4. The number of ether oxygens (including phenoxy) is 1. The first-order chi connectivity index (χ1) is 11.3. The van der Waals surface area contributed by atoms with Crippen LogP contribution in [0.2, 0.25) is 0 Å². The molecule has 0 unspecified atom stereocenters. The van der Waals surface area contributed by atoms with Crippen molar-refractivity contribution in [3.8, 4) is 0 Å². The van der Waals surface area contributed by atoms with Crippen LogP contribution in [0.15, 0.2) is 0 Å². The smallest absolute Gasteiger partial charge is 0.0836 e. The largest absolute Gasteiger partial charge is 0.393 e. The molecule has 4 aliphatic carbocycles. The molecular formula is C20H34O4. The molecule has 0 spiro atoms. The topological polar surface area (TPSA) is 69.9 Å². The van der Waals surface area contributed by atoms with Crippen LogP contribution in [0.3, 0.4) is 0 Å². The van der Waals surface area contributed by atoms with Gasteiger partial charge in [0.05, 0.1) is 24.4 Å². The highest BCUT2D eigenvalue weighted by molar-refractivity contribution is 5.14. The second-order valence-electron chi connectivity index (χ2n) is 9.66. The van der Waals surface area contributed by atoms with Crippen LogP contribution in [0, 0.1) is 34.5 Å². The van der Waals surface area contributed by atoms with E-state index in [0.717, 1.165) is 38.5 Å². The van der Waals surface area contributed by atoms with E-state index in [1.165, 1.54) is 0 Å². The van der Waals surface area contributed by atoms with Gasteiger partial charge < -0.3 is 20.1 Å². The van der Waals surface area contributed by atoms with Gasteiger partial charge in [0.15, 0.2) is 0 Å². The molecule has 4 saturated carbocycles. The Labute approximate surface area is 145 Å².